The number of nitrogens with zero attached hydrogens (tertiary/aromatic N) is 2. The molecule has 0 saturated carbocycles. The Morgan fingerprint density at radius 1 is 1.48 bits per heavy atom. The second-order valence-electron chi connectivity index (χ2n) is 4.24. The summed E-state index contributed by atoms with van der Waals surface area (Å²) < 4.78 is 30.4. The van der Waals surface area contributed by atoms with E-state index in [9.17, 15) is 13.6 Å². The third kappa shape index (κ3) is 3.47. The van der Waals surface area contributed by atoms with Gasteiger partial charge >= 0.3 is 6.61 Å². The first-order chi connectivity index (χ1) is 9.99. The van der Waals surface area contributed by atoms with E-state index in [1.807, 2.05) is 0 Å². The van der Waals surface area contributed by atoms with Gasteiger partial charge in [-0.05, 0) is 12.1 Å². The first-order valence-corrected chi connectivity index (χ1v) is 6.07. The number of aryl methyl sites for hydroxylation is 1. The van der Waals surface area contributed by atoms with Crippen LogP contribution in [0.3, 0.4) is 0 Å². The number of hydrogen-bond acceptors (Lipinski definition) is 4. The summed E-state index contributed by atoms with van der Waals surface area (Å²) in [6.45, 7) is -2.85. The molecule has 1 aromatic carbocycles. The van der Waals surface area contributed by atoms with Gasteiger partial charge in [-0.15, -0.1) is 0 Å². The van der Waals surface area contributed by atoms with Crippen LogP contribution in [0.4, 0.5) is 14.6 Å². The van der Waals surface area contributed by atoms with Crippen molar-refractivity contribution in [1.82, 2.24) is 15.1 Å². The minimum Gasteiger partial charge on any atom is -0.434 e. The fourth-order valence-electron chi connectivity index (χ4n) is 1.75. The predicted molar refractivity (Wildman–Crippen MR) is 71.9 cm³/mol. The zero-order valence-corrected chi connectivity index (χ0v) is 11.2. The Labute approximate surface area is 119 Å². The Morgan fingerprint density at radius 3 is 2.81 bits per heavy atom. The Morgan fingerprint density at radius 2 is 2.19 bits per heavy atom. The van der Waals surface area contributed by atoms with Gasteiger partial charge in [-0.1, -0.05) is 12.1 Å². The lowest BCUT2D eigenvalue weighted by Gasteiger charge is -2.10. The van der Waals surface area contributed by atoms with Crippen molar-refractivity contribution in [2.45, 2.75) is 13.2 Å². The molecule has 2 aromatic rings. The van der Waals surface area contributed by atoms with Crippen molar-refractivity contribution < 1.29 is 18.3 Å². The number of alkyl halides is 2. The van der Waals surface area contributed by atoms with Crippen molar-refractivity contribution in [3.63, 3.8) is 0 Å². The van der Waals surface area contributed by atoms with E-state index < -0.39 is 12.5 Å². The van der Waals surface area contributed by atoms with Crippen molar-refractivity contribution in [2.75, 3.05) is 5.73 Å². The van der Waals surface area contributed by atoms with Gasteiger partial charge in [0.25, 0.3) is 5.91 Å². The van der Waals surface area contributed by atoms with Gasteiger partial charge in [-0.3, -0.25) is 9.48 Å². The molecule has 21 heavy (non-hydrogen) atoms. The molecule has 0 aliphatic rings. The van der Waals surface area contributed by atoms with Crippen LogP contribution in [0.1, 0.15) is 15.9 Å². The minimum atomic E-state index is -2.99. The van der Waals surface area contributed by atoms with E-state index >= 15 is 0 Å². The molecule has 6 nitrogen and oxygen atoms in total. The number of nitrogen functional groups attached to an aromatic ring is 1. The van der Waals surface area contributed by atoms with Crippen molar-refractivity contribution in [1.29, 1.82) is 0 Å². The Hall–Kier alpha value is -2.64. The van der Waals surface area contributed by atoms with Crippen LogP contribution in [-0.2, 0) is 13.6 Å². The fourth-order valence-corrected chi connectivity index (χ4v) is 1.75. The normalized spacial score (nSPS) is 10.7. The average Bonchev–Trinajstić information content (AvgIpc) is 2.76. The van der Waals surface area contributed by atoms with Crippen LogP contribution in [0, 0.1) is 0 Å². The molecule has 0 radical (unpaired) electrons. The van der Waals surface area contributed by atoms with E-state index in [-0.39, 0.29) is 17.9 Å². The number of carbonyl (C=O) groups is 1. The van der Waals surface area contributed by atoms with Crippen LogP contribution in [0.15, 0.2) is 30.5 Å². The highest BCUT2D eigenvalue weighted by Gasteiger charge is 2.15. The SMILES string of the molecule is Cn1ncc(CNC(=O)c2ccccc2OC(F)F)c1N. The van der Waals surface area contributed by atoms with Crippen LogP contribution in [0.25, 0.3) is 0 Å². The molecular formula is C13H14F2N4O2. The molecule has 0 atom stereocenters. The van der Waals surface area contributed by atoms with E-state index in [1.165, 1.54) is 29.1 Å². The van der Waals surface area contributed by atoms with Gasteiger partial charge in [-0.2, -0.15) is 13.9 Å². The lowest BCUT2D eigenvalue weighted by Crippen LogP contribution is -2.24. The van der Waals surface area contributed by atoms with Crippen LogP contribution >= 0.6 is 0 Å². The molecule has 2 rings (SSSR count). The second kappa shape index (κ2) is 6.21. The van der Waals surface area contributed by atoms with Crippen molar-refractivity contribution >= 4 is 11.7 Å². The topological polar surface area (TPSA) is 82.2 Å². The molecule has 0 aliphatic heterocycles. The zero-order valence-electron chi connectivity index (χ0n) is 11.2. The smallest absolute Gasteiger partial charge is 0.387 e. The summed E-state index contributed by atoms with van der Waals surface area (Å²) in [6.07, 6.45) is 1.52. The Bertz CT molecular complexity index is 643. The summed E-state index contributed by atoms with van der Waals surface area (Å²) in [5.41, 5.74) is 6.41. The molecule has 3 N–H and O–H groups in total. The molecule has 0 saturated heterocycles. The van der Waals surface area contributed by atoms with Gasteiger partial charge in [0, 0.05) is 19.2 Å². The Balaban J connectivity index is 2.08. The van der Waals surface area contributed by atoms with Gasteiger partial charge < -0.3 is 15.8 Å². The molecule has 8 heteroatoms. The van der Waals surface area contributed by atoms with E-state index in [4.69, 9.17) is 5.73 Å². The monoisotopic (exact) mass is 296 g/mol. The van der Waals surface area contributed by atoms with Crippen molar-refractivity contribution in [3.05, 3.63) is 41.6 Å². The van der Waals surface area contributed by atoms with Crippen molar-refractivity contribution in [3.8, 4) is 5.75 Å². The van der Waals surface area contributed by atoms with Gasteiger partial charge in [-0.25, -0.2) is 0 Å². The molecule has 1 aromatic heterocycles. The molecule has 1 amide bonds. The quantitative estimate of drug-likeness (QED) is 0.876. The maximum absolute atomic E-state index is 12.3. The molecule has 0 bridgehead atoms. The van der Waals surface area contributed by atoms with Gasteiger partial charge in [0.15, 0.2) is 0 Å². The summed E-state index contributed by atoms with van der Waals surface area (Å²) in [4.78, 5) is 12.0. The molecule has 112 valence electrons. The lowest BCUT2D eigenvalue weighted by molar-refractivity contribution is -0.0501. The van der Waals surface area contributed by atoms with Gasteiger partial charge in [0.1, 0.15) is 11.6 Å². The van der Waals surface area contributed by atoms with Crippen LogP contribution in [-0.4, -0.2) is 22.3 Å². The summed E-state index contributed by atoms with van der Waals surface area (Å²) in [7, 11) is 1.67. The van der Waals surface area contributed by atoms with E-state index in [1.54, 1.807) is 13.1 Å². The standard InChI is InChI=1S/C13H14F2N4O2/c1-19-11(16)8(7-18-19)6-17-12(20)9-4-2-3-5-10(9)21-13(14)15/h2-5,7,13H,6,16H2,1H3,(H,17,20). The Kier molecular flexibility index (Phi) is 4.36. The predicted octanol–water partition coefficient (Wildman–Crippen LogP) is 1.53. The fraction of sp³-hybridized carbons (Fsp3) is 0.231. The number of hydrogen-bond donors (Lipinski definition) is 2. The molecule has 0 aliphatic carbocycles. The lowest BCUT2D eigenvalue weighted by atomic mass is 10.2. The van der Waals surface area contributed by atoms with Crippen molar-refractivity contribution in [2.24, 2.45) is 7.05 Å². The highest BCUT2D eigenvalue weighted by molar-refractivity contribution is 5.96. The highest BCUT2D eigenvalue weighted by atomic mass is 19.3. The van der Waals surface area contributed by atoms with E-state index in [2.05, 4.69) is 15.2 Å². The number of benzene rings is 1. The molecule has 0 unspecified atom stereocenters. The number of aromatic nitrogens is 2. The summed E-state index contributed by atoms with van der Waals surface area (Å²) in [5.74, 6) is -0.286. The molecule has 1 heterocycles. The maximum Gasteiger partial charge on any atom is 0.387 e. The van der Waals surface area contributed by atoms with Crippen LogP contribution in [0.2, 0.25) is 0 Å². The molecular weight excluding hydrogens is 282 g/mol. The minimum absolute atomic E-state index is 0.0280. The number of halogens is 2. The maximum atomic E-state index is 12.3. The van der Waals surface area contributed by atoms with E-state index in [0.29, 0.717) is 11.4 Å². The first kappa shape index (κ1) is 14.8. The zero-order chi connectivity index (χ0) is 15.4. The highest BCUT2D eigenvalue weighted by Crippen LogP contribution is 2.20. The average molecular weight is 296 g/mol. The molecule has 0 fully saturated rings. The first-order valence-electron chi connectivity index (χ1n) is 6.07. The summed E-state index contributed by atoms with van der Waals surface area (Å²) in [6, 6.07) is 5.78. The van der Waals surface area contributed by atoms with Gasteiger partial charge in [0.2, 0.25) is 0 Å². The second-order valence-corrected chi connectivity index (χ2v) is 4.24. The van der Waals surface area contributed by atoms with Gasteiger partial charge in [0.05, 0.1) is 11.8 Å². The third-order valence-electron chi connectivity index (χ3n) is 2.85. The number of ether oxygens (including phenoxy) is 1. The van der Waals surface area contributed by atoms with E-state index in [0.717, 1.165) is 0 Å². The number of rotatable bonds is 5. The number of carbonyl (C=O) groups excluding carboxylic acids is 1. The summed E-state index contributed by atoms with van der Waals surface area (Å²) >= 11 is 0. The number of anilines is 1. The number of para-hydroxylation sites is 1. The third-order valence-corrected chi connectivity index (χ3v) is 2.85. The van der Waals surface area contributed by atoms with Crippen LogP contribution < -0.4 is 15.8 Å². The molecule has 0 spiro atoms. The van der Waals surface area contributed by atoms with Crippen LogP contribution in [0.5, 0.6) is 5.75 Å². The summed E-state index contributed by atoms with van der Waals surface area (Å²) in [5, 5.41) is 6.53. The largest absolute Gasteiger partial charge is 0.434 e. The number of nitrogens with two attached hydrogens (primary N) is 1. The number of amides is 1. The number of nitrogens with one attached hydrogen (secondary N) is 1.